The van der Waals surface area contributed by atoms with Crippen molar-refractivity contribution < 1.29 is 9.76 Å². The van der Waals surface area contributed by atoms with Gasteiger partial charge in [-0.2, -0.15) is 0 Å². The third-order valence-corrected chi connectivity index (χ3v) is 9.72. The molecule has 6 heteroatoms. The van der Waals surface area contributed by atoms with Crippen LogP contribution in [-0.2, 0) is 4.65 Å². The first kappa shape index (κ1) is 24.3. The van der Waals surface area contributed by atoms with Gasteiger partial charge in [-0.1, -0.05) is 54.6 Å². The van der Waals surface area contributed by atoms with Gasteiger partial charge in [-0.05, 0) is 80.0 Å². The normalized spacial score (nSPS) is 12.6. The molecule has 3 nitrogen and oxygen atoms in total. The summed E-state index contributed by atoms with van der Waals surface area (Å²) in [5.41, 5.74) is 4.12. The van der Waals surface area contributed by atoms with E-state index < -0.39 is 11.2 Å². The van der Waals surface area contributed by atoms with Crippen molar-refractivity contribution in [2.75, 3.05) is 0 Å². The maximum Gasteiger partial charge on any atom is 0.310 e. The summed E-state index contributed by atoms with van der Waals surface area (Å²) in [4.78, 5) is 4.85. The third kappa shape index (κ3) is 4.49. The Morgan fingerprint density at radius 1 is 0.730 bits per heavy atom. The zero-order valence-electron chi connectivity index (χ0n) is 21.4. The summed E-state index contributed by atoms with van der Waals surface area (Å²) in [6.07, 6.45) is 0. The van der Waals surface area contributed by atoms with Gasteiger partial charge in [0.1, 0.15) is 5.01 Å². The largest absolute Gasteiger partial charge is 0.427 e. The fourth-order valence-electron chi connectivity index (χ4n) is 4.41. The zero-order chi connectivity index (χ0) is 25.8. The summed E-state index contributed by atoms with van der Waals surface area (Å²) in [7, 11) is 0.457. The van der Waals surface area contributed by atoms with Crippen molar-refractivity contribution in [3.8, 4) is 21.7 Å². The monoisotopic (exact) mass is 521 g/mol. The second kappa shape index (κ2) is 9.07. The van der Waals surface area contributed by atoms with Crippen LogP contribution in [0.2, 0.25) is 0 Å². The van der Waals surface area contributed by atoms with Gasteiger partial charge in [0, 0.05) is 20.3 Å². The molecule has 2 aromatic heterocycles. The molecule has 37 heavy (non-hydrogen) atoms. The molecular formula is C31H28BNO2S2. The number of rotatable bonds is 6. The van der Waals surface area contributed by atoms with E-state index >= 15 is 0 Å². The highest BCUT2D eigenvalue weighted by Crippen LogP contribution is 2.37. The first-order valence-electron chi connectivity index (χ1n) is 12.5. The number of aliphatic hydroxyl groups is 1. The van der Waals surface area contributed by atoms with Crippen molar-refractivity contribution in [2.24, 2.45) is 0 Å². The molecule has 6 rings (SSSR count). The van der Waals surface area contributed by atoms with E-state index in [0.717, 1.165) is 21.6 Å². The van der Waals surface area contributed by atoms with Crippen molar-refractivity contribution in [3.63, 3.8) is 0 Å². The molecule has 0 amide bonds. The minimum Gasteiger partial charge on any atom is -0.427 e. The number of nitrogens with zero attached hydrogens (tertiary/aromatic N) is 1. The molecule has 0 radical (unpaired) electrons. The van der Waals surface area contributed by atoms with Gasteiger partial charge in [-0.25, -0.2) is 4.98 Å². The summed E-state index contributed by atoms with van der Waals surface area (Å²) in [6.45, 7) is 7.46. The molecule has 0 saturated carbocycles. The second-order valence-electron chi connectivity index (χ2n) is 10.5. The lowest BCUT2D eigenvalue weighted by Crippen LogP contribution is -2.49. The fourth-order valence-corrected chi connectivity index (χ4v) is 6.56. The minimum atomic E-state index is -0.935. The number of aromatic nitrogens is 1. The summed E-state index contributed by atoms with van der Waals surface area (Å²) >= 11 is 3.53. The smallest absolute Gasteiger partial charge is 0.310 e. The van der Waals surface area contributed by atoms with Gasteiger partial charge in [0.2, 0.25) is 0 Å². The van der Waals surface area contributed by atoms with Crippen LogP contribution >= 0.6 is 22.7 Å². The van der Waals surface area contributed by atoms with Crippen LogP contribution in [0, 0.1) is 0 Å². The maximum absolute atomic E-state index is 10.5. The van der Waals surface area contributed by atoms with Crippen molar-refractivity contribution in [2.45, 2.75) is 38.9 Å². The first-order valence-corrected chi connectivity index (χ1v) is 14.1. The zero-order valence-corrected chi connectivity index (χ0v) is 23.0. The lowest BCUT2D eigenvalue weighted by molar-refractivity contribution is -0.0893. The number of thiophene rings is 1. The highest BCUT2D eigenvalue weighted by atomic mass is 32.1. The van der Waals surface area contributed by atoms with Gasteiger partial charge in [0.25, 0.3) is 0 Å². The molecular weight excluding hydrogens is 493 g/mol. The van der Waals surface area contributed by atoms with Crippen LogP contribution in [-0.4, -0.2) is 28.8 Å². The molecule has 0 fully saturated rings. The molecule has 0 atom stereocenters. The van der Waals surface area contributed by atoms with E-state index in [1.165, 1.54) is 36.0 Å². The molecule has 1 N–H and O–H groups in total. The van der Waals surface area contributed by atoms with Gasteiger partial charge in [-0.3, -0.25) is 0 Å². The standard InChI is InChI=1S/C31H28BNO2S2/c1-30(2,34)31(3,4)35-32-24-12-8-11-22-23-18-20(15-16-26(23)36-28(22)24)19-9-7-10-21(17-19)29-33-25-13-5-6-14-27(25)37-29/h5-18,32,34H,1-4H3. The van der Waals surface area contributed by atoms with Crippen molar-refractivity contribution in [1.29, 1.82) is 0 Å². The van der Waals surface area contributed by atoms with E-state index in [-0.39, 0.29) is 0 Å². The van der Waals surface area contributed by atoms with Gasteiger partial charge in [0.15, 0.2) is 0 Å². The van der Waals surface area contributed by atoms with E-state index in [1.807, 2.05) is 19.9 Å². The highest BCUT2D eigenvalue weighted by Gasteiger charge is 2.35. The maximum atomic E-state index is 10.5. The molecule has 0 unspecified atom stereocenters. The Kier molecular flexibility index (Phi) is 5.96. The van der Waals surface area contributed by atoms with Crippen molar-refractivity contribution in [1.82, 2.24) is 4.98 Å². The Morgan fingerprint density at radius 3 is 2.30 bits per heavy atom. The Hall–Kier alpha value is -3.03. The molecule has 0 saturated heterocycles. The average molecular weight is 522 g/mol. The van der Waals surface area contributed by atoms with Crippen LogP contribution < -0.4 is 5.46 Å². The predicted octanol–water partition coefficient (Wildman–Crippen LogP) is 7.54. The number of hydrogen-bond donors (Lipinski definition) is 1. The number of benzene rings is 4. The van der Waals surface area contributed by atoms with E-state index in [9.17, 15) is 5.11 Å². The SMILES string of the molecule is CC(C)(O)C(C)(C)OBc1cccc2c1sc1ccc(-c3cccc(-c4nc5ccccc5s4)c3)cc12. The van der Waals surface area contributed by atoms with Gasteiger partial charge in [0.05, 0.1) is 21.4 Å². The molecule has 0 aliphatic rings. The predicted molar refractivity (Wildman–Crippen MR) is 162 cm³/mol. The van der Waals surface area contributed by atoms with Crippen LogP contribution in [0.25, 0.3) is 52.1 Å². The van der Waals surface area contributed by atoms with E-state index in [0.29, 0.717) is 7.48 Å². The molecule has 184 valence electrons. The molecule has 6 aromatic rings. The molecule has 0 spiro atoms. The second-order valence-corrected chi connectivity index (χ2v) is 12.6. The van der Waals surface area contributed by atoms with E-state index in [4.69, 9.17) is 9.64 Å². The van der Waals surface area contributed by atoms with E-state index in [1.54, 1.807) is 36.5 Å². The van der Waals surface area contributed by atoms with Crippen LogP contribution in [0.15, 0.2) is 84.9 Å². The Morgan fingerprint density at radius 2 is 1.49 bits per heavy atom. The van der Waals surface area contributed by atoms with Crippen LogP contribution in [0.3, 0.4) is 0 Å². The quantitative estimate of drug-likeness (QED) is 0.230. The lowest BCUT2D eigenvalue weighted by Gasteiger charge is -2.37. The average Bonchev–Trinajstić information content (AvgIpc) is 3.48. The first-order chi connectivity index (χ1) is 17.7. The summed E-state index contributed by atoms with van der Waals surface area (Å²) in [5.74, 6) is 0. The Labute approximate surface area is 225 Å². The number of thiazole rings is 1. The van der Waals surface area contributed by atoms with Crippen molar-refractivity contribution in [3.05, 3.63) is 84.9 Å². The van der Waals surface area contributed by atoms with Gasteiger partial charge < -0.3 is 9.76 Å². The molecule has 0 bridgehead atoms. The summed E-state index contributed by atoms with van der Waals surface area (Å²) in [5, 5.41) is 14.0. The minimum absolute atomic E-state index is 0.457. The third-order valence-electron chi connectivity index (χ3n) is 7.38. The fraction of sp³-hybridized carbons (Fsp3) is 0.194. The van der Waals surface area contributed by atoms with Gasteiger partial charge in [-0.15, -0.1) is 22.7 Å². The molecule has 0 aliphatic carbocycles. The molecule has 2 heterocycles. The molecule has 4 aromatic carbocycles. The van der Waals surface area contributed by atoms with Gasteiger partial charge >= 0.3 is 7.48 Å². The number of fused-ring (bicyclic) bond motifs is 4. The van der Waals surface area contributed by atoms with Crippen LogP contribution in [0.5, 0.6) is 0 Å². The van der Waals surface area contributed by atoms with Crippen LogP contribution in [0.4, 0.5) is 0 Å². The summed E-state index contributed by atoms with van der Waals surface area (Å²) in [6, 6.07) is 30.1. The van der Waals surface area contributed by atoms with Crippen molar-refractivity contribution >= 4 is 66.0 Å². The van der Waals surface area contributed by atoms with Crippen LogP contribution in [0.1, 0.15) is 27.7 Å². The number of para-hydroxylation sites is 1. The number of hydrogen-bond acceptors (Lipinski definition) is 5. The molecule has 0 aliphatic heterocycles. The van der Waals surface area contributed by atoms with E-state index in [2.05, 4.69) is 78.9 Å². The Balaban J connectivity index is 1.37. The Bertz CT molecular complexity index is 1730. The topological polar surface area (TPSA) is 42.4 Å². The summed E-state index contributed by atoms with van der Waals surface area (Å²) < 4.78 is 9.91. The highest BCUT2D eigenvalue weighted by molar-refractivity contribution is 7.27. The lowest BCUT2D eigenvalue weighted by atomic mass is 9.82.